The molecule has 0 aliphatic carbocycles. The zero-order valence-corrected chi connectivity index (χ0v) is 17.1. The minimum atomic E-state index is -0.233. The number of piperazine rings is 1. The number of thiazole rings is 1. The first kappa shape index (κ1) is 19.3. The van der Waals surface area contributed by atoms with Gasteiger partial charge in [0, 0.05) is 50.2 Å². The molecule has 0 radical (unpaired) electrons. The van der Waals surface area contributed by atoms with Gasteiger partial charge in [-0.3, -0.25) is 9.69 Å². The van der Waals surface area contributed by atoms with Crippen molar-refractivity contribution in [1.82, 2.24) is 14.8 Å². The lowest BCUT2D eigenvalue weighted by Gasteiger charge is -2.36. The molecular formula is C21H27FN4OS. The number of carbonyl (C=O) groups excluding carboxylic acids is 1. The second kappa shape index (κ2) is 8.57. The van der Waals surface area contributed by atoms with Crippen LogP contribution in [-0.4, -0.2) is 66.5 Å². The van der Waals surface area contributed by atoms with Crippen LogP contribution in [0.3, 0.4) is 0 Å². The molecule has 4 rings (SSSR count). The Morgan fingerprint density at radius 1 is 1.18 bits per heavy atom. The summed E-state index contributed by atoms with van der Waals surface area (Å²) in [4.78, 5) is 23.9. The third kappa shape index (κ3) is 4.52. The number of aromatic nitrogens is 1. The van der Waals surface area contributed by atoms with Gasteiger partial charge in [0.25, 0.3) is 0 Å². The third-order valence-corrected chi connectivity index (χ3v) is 6.54. The van der Waals surface area contributed by atoms with Crippen molar-refractivity contribution >= 4 is 22.4 Å². The van der Waals surface area contributed by atoms with Crippen molar-refractivity contribution < 1.29 is 9.18 Å². The van der Waals surface area contributed by atoms with E-state index in [1.165, 1.54) is 18.6 Å². The molecule has 5 nitrogen and oxygen atoms in total. The van der Waals surface area contributed by atoms with E-state index in [0.717, 1.165) is 62.1 Å². The lowest BCUT2D eigenvalue weighted by molar-refractivity contribution is -0.134. The Morgan fingerprint density at radius 3 is 2.64 bits per heavy atom. The normalized spacial score (nSPS) is 21.1. The van der Waals surface area contributed by atoms with E-state index in [-0.39, 0.29) is 11.7 Å². The van der Waals surface area contributed by atoms with E-state index in [4.69, 9.17) is 4.98 Å². The quantitative estimate of drug-likeness (QED) is 0.787. The Labute approximate surface area is 169 Å². The molecule has 1 aromatic carbocycles. The first-order chi connectivity index (χ1) is 13.6. The van der Waals surface area contributed by atoms with Crippen molar-refractivity contribution in [3.63, 3.8) is 0 Å². The SMILES string of the molecule is CC1CCCN(C(=O)CN2CCN(c3nc(-c4ccc(F)cc4)cs3)CC2)C1. The van der Waals surface area contributed by atoms with Crippen LogP contribution in [0.25, 0.3) is 11.3 Å². The summed E-state index contributed by atoms with van der Waals surface area (Å²) < 4.78 is 13.1. The van der Waals surface area contributed by atoms with Gasteiger partial charge in [0.2, 0.25) is 5.91 Å². The average Bonchev–Trinajstić information content (AvgIpc) is 3.19. The van der Waals surface area contributed by atoms with Crippen LogP contribution in [-0.2, 0) is 4.79 Å². The first-order valence-corrected chi connectivity index (χ1v) is 10.9. The number of halogens is 1. The summed E-state index contributed by atoms with van der Waals surface area (Å²) in [6.45, 7) is 8.07. The van der Waals surface area contributed by atoms with Gasteiger partial charge in [-0.25, -0.2) is 9.37 Å². The molecule has 150 valence electrons. The topological polar surface area (TPSA) is 39.7 Å². The van der Waals surface area contributed by atoms with Gasteiger partial charge in [0.05, 0.1) is 12.2 Å². The number of nitrogens with zero attached hydrogens (tertiary/aromatic N) is 4. The number of hydrogen-bond acceptors (Lipinski definition) is 5. The smallest absolute Gasteiger partial charge is 0.236 e. The molecule has 1 amide bonds. The number of benzene rings is 1. The molecule has 1 aromatic heterocycles. The molecule has 2 aliphatic rings. The summed E-state index contributed by atoms with van der Waals surface area (Å²) >= 11 is 1.62. The Bertz CT molecular complexity index is 801. The lowest BCUT2D eigenvalue weighted by Crippen LogP contribution is -2.51. The van der Waals surface area contributed by atoms with E-state index in [0.29, 0.717) is 12.5 Å². The van der Waals surface area contributed by atoms with Crippen molar-refractivity contribution in [2.24, 2.45) is 5.92 Å². The summed E-state index contributed by atoms with van der Waals surface area (Å²) in [6, 6.07) is 6.46. The maximum atomic E-state index is 13.1. The molecule has 1 atom stereocenters. The predicted octanol–water partition coefficient (Wildman–Crippen LogP) is 3.33. The highest BCUT2D eigenvalue weighted by Gasteiger charge is 2.25. The molecule has 3 heterocycles. The van der Waals surface area contributed by atoms with Crippen LogP contribution < -0.4 is 4.90 Å². The maximum Gasteiger partial charge on any atom is 0.236 e. The zero-order chi connectivity index (χ0) is 19.5. The van der Waals surface area contributed by atoms with Gasteiger partial charge >= 0.3 is 0 Å². The molecule has 2 fully saturated rings. The lowest BCUT2D eigenvalue weighted by atomic mass is 10.0. The number of carbonyl (C=O) groups is 1. The Hall–Kier alpha value is -1.99. The van der Waals surface area contributed by atoms with E-state index in [2.05, 4.69) is 16.7 Å². The molecule has 2 aromatic rings. The van der Waals surface area contributed by atoms with E-state index >= 15 is 0 Å². The first-order valence-electron chi connectivity index (χ1n) is 10.0. The zero-order valence-electron chi connectivity index (χ0n) is 16.3. The number of amides is 1. The molecule has 0 saturated carbocycles. The fourth-order valence-electron chi connectivity index (χ4n) is 3.97. The minimum absolute atomic E-state index is 0.233. The van der Waals surface area contributed by atoms with Crippen molar-refractivity contribution in [3.8, 4) is 11.3 Å². The van der Waals surface area contributed by atoms with Crippen molar-refractivity contribution in [3.05, 3.63) is 35.5 Å². The fourth-order valence-corrected chi connectivity index (χ4v) is 4.86. The average molecular weight is 403 g/mol. The Morgan fingerprint density at radius 2 is 1.93 bits per heavy atom. The molecule has 0 N–H and O–H groups in total. The van der Waals surface area contributed by atoms with Crippen LogP contribution in [0.4, 0.5) is 9.52 Å². The van der Waals surface area contributed by atoms with Crippen LogP contribution in [0.15, 0.2) is 29.6 Å². The molecule has 7 heteroatoms. The monoisotopic (exact) mass is 402 g/mol. The van der Waals surface area contributed by atoms with Crippen molar-refractivity contribution in [2.45, 2.75) is 19.8 Å². The Kier molecular flexibility index (Phi) is 5.92. The van der Waals surface area contributed by atoms with Crippen LogP contribution in [0, 0.1) is 11.7 Å². The van der Waals surface area contributed by atoms with Crippen LogP contribution in [0.1, 0.15) is 19.8 Å². The fraction of sp³-hybridized carbons (Fsp3) is 0.524. The maximum absolute atomic E-state index is 13.1. The van der Waals surface area contributed by atoms with Crippen molar-refractivity contribution in [1.29, 1.82) is 0 Å². The molecule has 0 bridgehead atoms. The molecule has 1 unspecified atom stereocenters. The van der Waals surface area contributed by atoms with Crippen LogP contribution in [0.5, 0.6) is 0 Å². The predicted molar refractivity (Wildman–Crippen MR) is 111 cm³/mol. The van der Waals surface area contributed by atoms with Gasteiger partial charge in [0.1, 0.15) is 5.82 Å². The highest BCUT2D eigenvalue weighted by Crippen LogP contribution is 2.28. The van der Waals surface area contributed by atoms with E-state index in [1.54, 1.807) is 23.5 Å². The molecule has 2 saturated heterocycles. The van der Waals surface area contributed by atoms with Gasteiger partial charge in [-0.05, 0) is 43.0 Å². The van der Waals surface area contributed by atoms with Gasteiger partial charge in [-0.1, -0.05) is 6.92 Å². The second-order valence-corrected chi connectivity index (χ2v) is 8.71. The highest BCUT2D eigenvalue weighted by atomic mass is 32.1. The number of rotatable bonds is 4. The standard InChI is InChI=1S/C21H27FN4OS/c1-16-3-2-8-26(13-16)20(27)14-24-9-11-25(12-10-24)21-23-19(15-28-21)17-4-6-18(22)7-5-17/h4-7,15-16H,2-3,8-14H2,1H3. The van der Waals surface area contributed by atoms with E-state index < -0.39 is 0 Å². The second-order valence-electron chi connectivity index (χ2n) is 7.87. The molecular weight excluding hydrogens is 375 g/mol. The summed E-state index contributed by atoms with van der Waals surface area (Å²) in [5.41, 5.74) is 1.82. The van der Waals surface area contributed by atoms with Gasteiger partial charge in [0.15, 0.2) is 5.13 Å². The number of likely N-dealkylation sites (tertiary alicyclic amines) is 1. The molecule has 2 aliphatic heterocycles. The van der Waals surface area contributed by atoms with Gasteiger partial charge < -0.3 is 9.80 Å². The van der Waals surface area contributed by atoms with E-state index in [1.807, 2.05) is 10.3 Å². The summed E-state index contributed by atoms with van der Waals surface area (Å²) in [5.74, 6) is 0.659. The third-order valence-electron chi connectivity index (χ3n) is 5.64. The summed E-state index contributed by atoms with van der Waals surface area (Å²) in [7, 11) is 0. The van der Waals surface area contributed by atoms with Gasteiger partial charge in [-0.15, -0.1) is 11.3 Å². The summed E-state index contributed by atoms with van der Waals surface area (Å²) in [5, 5.41) is 3.02. The molecule has 0 spiro atoms. The summed E-state index contributed by atoms with van der Waals surface area (Å²) in [6.07, 6.45) is 2.36. The molecule has 28 heavy (non-hydrogen) atoms. The van der Waals surface area contributed by atoms with Crippen LogP contribution >= 0.6 is 11.3 Å². The number of piperidine rings is 1. The number of anilines is 1. The Balaban J connectivity index is 1.29. The van der Waals surface area contributed by atoms with E-state index in [9.17, 15) is 9.18 Å². The van der Waals surface area contributed by atoms with Crippen molar-refractivity contribution in [2.75, 3.05) is 50.7 Å². The minimum Gasteiger partial charge on any atom is -0.346 e. The van der Waals surface area contributed by atoms with Gasteiger partial charge in [-0.2, -0.15) is 0 Å². The highest BCUT2D eigenvalue weighted by molar-refractivity contribution is 7.14. The number of hydrogen-bond donors (Lipinski definition) is 0. The largest absolute Gasteiger partial charge is 0.346 e. The van der Waals surface area contributed by atoms with Crippen LogP contribution in [0.2, 0.25) is 0 Å².